The van der Waals surface area contributed by atoms with E-state index in [4.69, 9.17) is 4.99 Å². The highest BCUT2D eigenvalue weighted by Crippen LogP contribution is 2.39. The van der Waals surface area contributed by atoms with Gasteiger partial charge >= 0.3 is 0 Å². The molecule has 0 saturated heterocycles. The Morgan fingerprint density at radius 1 is 1.00 bits per heavy atom. The van der Waals surface area contributed by atoms with E-state index in [0.717, 1.165) is 28.8 Å². The van der Waals surface area contributed by atoms with Crippen LogP contribution in [0.15, 0.2) is 77.1 Å². The molecule has 8 heteroatoms. The molecule has 3 amide bonds. The van der Waals surface area contributed by atoms with Gasteiger partial charge in [-0.05, 0) is 30.4 Å². The lowest BCUT2D eigenvalue weighted by atomic mass is 9.83. The number of aliphatic imine (C=N–C) groups is 1. The average molecular weight is 501 g/mol. The molecule has 2 aromatic carbocycles. The van der Waals surface area contributed by atoms with Crippen molar-refractivity contribution in [3.63, 3.8) is 0 Å². The Morgan fingerprint density at radius 2 is 1.72 bits per heavy atom. The standard InChI is InChI=1S/C28H28N4O3S/c1-32-22-14-6-5-13-21(22)23(19-10-3-2-4-11-19)30-24(25(32)33)31-27(35)28(15-7-8-16-28)26(34)29-18-20-12-9-17-36-20/h2-6,9-14,17,24H,7-8,15-16,18H2,1H3,(H,29,34)(H,31,35)/t24-/m1/s1. The number of para-hydroxylation sites is 1. The number of rotatable bonds is 6. The average Bonchev–Trinajstić information content (AvgIpc) is 3.61. The predicted octanol–water partition coefficient (Wildman–Crippen LogP) is 3.88. The molecule has 184 valence electrons. The van der Waals surface area contributed by atoms with E-state index in [0.29, 0.717) is 30.8 Å². The topological polar surface area (TPSA) is 90.9 Å². The fourth-order valence-electron chi connectivity index (χ4n) is 4.99. The molecule has 1 saturated carbocycles. The molecule has 2 N–H and O–H groups in total. The number of benzodiazepines with no additional fused rings is 1. The zero-order valence-electron chi connectivity index (χ0n) is 20.1. The maximum absolute atomic E-state index is 13.7. The summed E-state index contributed by atoms with van der Waals surface area (Å²) in [4.78, 5) is 47.8. The van der Waals surface area contributed by atoms with Gasteiger partial charge in [-0.25, -0.2) is 4.99 Å². The van der Waals surface area contributed by atoms with E-state index in [1.54, 1.807) is 18.4 Å². The summed E-state index contributed by atoms with van der Waals surface area (Å²) in [6.07, 6.45) is 1.31. The maximum atomic E-state index is 13.7. The number of hydrogen-bond acceptors (Lipinski definition) is 5. The first kappa shape index (κ1) is 23.9. The third-order valence-corrected chi connectivity index (χ3v) is 7.86. The third-order valence-electron chi connectivity index (χ3n) is 6.99. The van der Waals surface area contributed by atoms with Gasteiger partial charge in [-0.15, -0.1) is 11.3 Å². The molecular weight excluding hydrogens is 472 g/mol. The van der Waals surface area contributed by atoms with Gasteiger partial charge in [-0.3, -0.25) is 14.4 Å². The minimum Gasteiger partial charge on any atom is -0.350 e. The summed E-state index contributed by atoms with van der Waals surface area (Å²) in [5.74, 6) is -1.10. The highest BCUT2D eigenvalue weighted by Gasteiger charge is 2.49. The van der Waals surface area contributed by atoms with Crippen molar-refractivity contribution < 1.29 is 14.4 Å². The van der Waals surface area contributed by atoms with Crippen molar-refractivity contribution in [3.8, 4) is 0 Å². The molecule has 0 unspecified atom stereocenters. The molecule has 1 aromatic heterocycles. The van der Waals surface area contributed by atoms with Gasteiger partial charge in [0.15, 0.2) is 0 Å². The van der Waals surface area contributed by atoms with Gasteiger partial charge in [0.05, 0.1) is 17.9 Å². The molecule has 1 fully saturated rings. The number of amides is 3. The molecule has 1 atom stereocenters. The van der Waals surface area contributed by atoms with E-state index >= 15 is 0 Å². The monoisotopic (exact) mass is 500 g/mol. The molecule has 1 aliphatic heterocycles. The number of nitrogens with one attached hydrogen (secondary N) is 2. The lowest BCUT2D eigenvalue weighted by Crippen LogP contribution is -2.55. The number of carbonyl (C=O) groups excluding carboxylic acids is 3. The number of hydrogen-bond donors (Lipinski definition) is 2. The summed E-state index contributed by atoms with van der Waals surface area (Å²) in [5, 5.41) is 7.75. The van der Waals surface area contributed by atoms with Gasteiger partial charge in [-0.1, -0.05) is 67.4 Å². The molecular formula is C28H28N4O3S. The van der Waals surface area contributed by atoms with Gasteiger partial charge in [0.1, 0.15) is 5.41 Å². The zero-order chi connectivity index (χ0) is 25.1. The van der Waals surface area contributed by atoms with Crippen LogP contribution in [-0.2, 0) is 20.9 Å². The molecule has 0 bridgehead atoms. The second-order valence-electron chi connectivity index (χ2n) is 9.19. The first-order valence-corrected chi connectivity index (χ1v) is 13.0. The number of fused-ring (bicyclic) bond motifs is 1. The highest BCUT2D eigenvalue weighted by atomic mass is 32.1. The largest absolute Gasteiger partial charge is 0.350 e. The number of anilines is 1. The summed E-state index contributed by atoms with van der Waals surface area (Å²) in [6.45, 7) is 0.377. The van der Waals surface area contributed by atoms with Crippen molar-refractivity contribution >= 4 is 40.5 Å². The van der Waals surface area contributed by atoms with E-state index in [-0.39, 0.29) is 11.8 Å². The van der Waals surface area contributed by atoms with Crippen LogP contribution in [-0.4, -0.2) is 36.6 Å². The molecule has 1 aliphatic carbocycles. The Kier molecular flexibility index (Phi) is 6.69. The number of carbonyl (C=O) groups is 3. The molecule has 3 aromatic rings. The normalized spacial score (nSPS) is 18.7. The molecule has 0 radical (unpaired) electrons. The third kappa shape index (κ3) is 4.44. The first-order chi connectivity index (χ1) is 17.5. The number of thiophene rings is 1. The Bertz CT molecular complexity index is 1300. The SMILES string of the molecule is CN1C(=O)[C@@H](NC(=O)C2(C(=O)NCc3cccs3)CCCC2)N=C(c2ccccc2)c2ccccc21. The van der Waals surface area contributed by atoms with E-state index in [9.17, 15) is 14.4 Å². The summed E-state index contributed by atoms with van der Waals surface area (Å²) >= 11 is 1.55. The second kappa shape index (κ2) is 10.1. The number of benzene rings is 2. The van der Waals surface area contributed by atoms with E-state index in [1.165, 1.54) is 4.90 Å². The lowest BCUT2D eigenvalue weighted by molar-refractivity contribution is -0.144. The van der Waals surface area contributed by atoms with Gasteiger partial charge in [0.25, 0.3) is 5.91 Å². The van der Waals surface area contributed by atoms with Crippen molar-refractivity contribution in [1.82, 2.24) is 10.6 Å². The Morgan fingerprint density at radius 3 is 2.44 bits per heavy atom. The first-order valence-electron chi connectivity index (χ1n) is 12.1. The molecule has 5 rings (SSSR count). The van der Waals surface area contributed by atoms with Crippen LogP contribution < -0.4 is 15.5 Å². The predicted molar refractivity (Wildman–Crippen MR) is 141 cm³/mol. The van der Waals surface area contributed by atoms with Crippen molar-refractivity contribution in [2.24, 2.45) is 10.4 Å². The lowest BCUT2D eigenvalue weighted by Gasteiger charge is -2.28. The van der Waals surface area contributed by atoms with Crippen LogP contribution in [0.2, 0.25) is 0 Å². The number of nitrogens with zero attached hydrogens (tertiary/aromatic N) is 2. The Labute approximate surface area is 214 Å². The zero-order valence-corrected chi connectivity index (χ0v) is 20.9. The minimum absolute atomic E-state index is 0.295. The molecule has 2 heterocycles. The summed E-state index contributed by atoms with van der Waals surface area (Å²) in [7, 11) is 1.68. The second-order valence-corrected chi connectivity index (χ2v) is 10.2. The quantitative estimate of drug-likeness (QED) is 0.503. The van der Waals surface area contributed by atoms with Crippen molar-refractivity contribution in [2.75, 3.05) is 11.9 Å². The fraction of sp³-hybridized carbons (Fsp3) is 0.286. The van der Waals surface area contributed by atoms with Gasteiger partial charge < -0.3 is 15.5 Å². The van der Waals surface area contributed by atoms with Crippen LogP contribution in [0.25, 0.3) is 0 Å². The maximum Gasteiger partial charge on any atom is 0.272 e. The van der Waals surface area contributed by atoms with Crippen LogP contribution in [0, 0.1) is 5.41 Å². The molecule has 7 nitrogen and oxygen atoms in total. The van der Waals surface area contributed by atoms with Crippen molar-refractivity contribution in [3.05, 3.63) is 88.1 Å². The van der Waals surface area contributed by atoms with Crippen LogP contribution in [0.5, 0.6) is 0 Å². The number of likely N-dealkylation sites (N-methyl/N-ethyl adjacent to an activating group) is 1. The van der Waals surface area contributed by atoms with E-state index < -0.39 is 17.5 Å². The summed E-state index contributed by atoms with van der Waals surface area (Å²) in [5.41, 5.74) is 1.78. The van der Waals surface area contributed by atoms with E-state index in [2.05, 4.69) is 10.6 Å². The van der Waals surface area contributed by atoms with Crippen LogP contribution in [0.1, 0.15) is 41.7 Å². The van der Waals surface area contributed by atoms with Crippen molar-refractivity contribution in [1.29, 1.82) is 0 Å². The van der Waals surface area contributed by atoms with Crippen LogP contribution >= 0.6 is 11.3 Å². The Balaban J connectivity index is 1.46. The van der Waals surface area contributed by atoms with Crippen LogP contribution in [0.3, 0.4) is 0 Å². The van der Waals surface area contributed by atoms with Gasteiger partial charge in [-0.2, -0.15) is 0 Å². The van der Waals surface area contributed by atoms with E-state index in [1.807, 2.05) is 72.1 Å². The summed E-state index contributed by atoms with van der Waals surface area (Å²) < 4.78 is 0. The van der Waals surface area contributed by atoms with Gasteiger partial charge in [0, 0.05) is 23.1 Å². The fourth-order valence-corrected chi connectivity index (χ4v) is 5.63. The highest BCUT2D eigenvalue weighted by molar-refractivity contribution is 7.09. The molecule has 2 aliphatic rings. The van der Waals surface area contributed by atoms with Crippen LogP contribution in [0.4, 0.5) is 5.69 Å². The molecule has 0 spiro atoms. The smallest absolute Gasteiger partial charge is 0.272 e. The Hall–Kier alpha value is -3.78. The van der Waals surface area contributed by atoms with Gasteiger partial charge in [0.2, 0.25) is 18.0 Å². The minimum atomic E-state index is -1.21. The van der Waals surface area contributed by atoms with Crippen molar-refractivity contribution in [2.45, 2.75) is 38.4 Å². The molecule has 36 heavy (non-hydrogen) atoms. The summed E-state index contributed by atoms with van der Waals surface area (Å²) in [6, 6.07) is 21.0.